The number of allylic oxidation sites excluding steroid dienone is 1. The fraction of sp³-hybridized carbons (Fsp3) is 0.308. The van der Waals surface area contributed by atoms with Crippen LogP contribution in [0.3, 0.4) is 0 Å². The highest BCUT2D eigenvalue weighted by Crippen LogP contribution is 1.98. The maximum Gasteiger partial charge on any atom is 0.147 e. The number of hydrogen-bond acceptors (Lipinski definition) is 2. The van der Waals surface area contributed by atoms with Crippen molar-refractivity contribution >= 4 is 6.29 Å². The van der Waals surface area contributed by atoms with E-state index in [1.165, 1.54) is 5.56 Å². The molecule has 0 unspecified atom stereocenters. The van der Waals surface area contributed by atoms with Crippen LogP contribution in [-0.2, 0) is 11.2 Å². The summed E-state index contributed by atoms with van der Waals surface area (Å²) in [6, 6.07) is 10.3. The third-order valence-corrected chi connectivity index (χ3v) is 2.25. The summed E-state index contributed by atoms with van der Waals surface area (Å²) in [6.07, 6.45) is 4.46. The van der Waals surface area contributed by atoms with Crippen molar-refractivity contribution in [2.45, 2.75) is 19.8 Å². The minimum atomic E-state index is 0.780. The zero-order valence-electron chi connectivity index (χ0n) is 9.07. The number of hydrogen-bond donors (Lipinski definition) is 1. The molecule has 0 atom stereocenters. The predicted molar refractivity (Wildman–Crippen MR) is 62.6 cm³/mol. The zero-order valence-corrected chi connectivity index (χ0v) is 9.07. The summed E-state index contributed by atoms with van der Waals surface area (Å²) in [5.74, 6) is 0. The highest BCUT2D eigenvalue weighted by molar-refractivity contribution is 5.72. The number of benzene rings is 1. The van der Waals surface area contributed by atoms with Gasteiger partial charge in [0, 0.05) is 18.3 Å². The molecule has 0 radical (unpaired) electrons. The van der Waals surface area contributed by atoms with Gasteiger partial charge < -0.3 is 5.32 Å². The molecule has 0 aliphatic rings. The molecule has 0 fully saturated rings. The van der Waals surface area contributed by atoms with Crippen LogP contribution in [0.4, 0.5) is 0 Å². The van der Waals surface area contributed by atoms with E-state index >= 15 is 0 Å². The topological polar surface area (TPSA) is 29.1 Å². The second kappa shape index (κ2) is 6.82. The molecule has 1 N–H and O–H groups in total. The van der Waals surface area contributed by atoms with Crippen molar-refractivity contribution in [3.05, 3.63) is 47.7 Å². The van der Waals surface area contributed by atoms with Gasteiger partial charge in [0.25, 0.3) is 0 Å². The first kappa shape index (κ1) is 11.5. The molecule has 0 saturated heterocycles. The molecule has 0 heterocycles. The average Bonchev–Trinajstić information content (AvgIpc) is 2.31. The molecule has 0 amide bonds. The molecule has 15 heavy (non-hydrogen) atoms. The van der Waals surface area contributed by atoms with Crippen LogP contribution in [0.15, 0.2) is 42.1 Å². The Kier molecular flexibility index (Phi) is 5.23. The Morgan fingerprint density at radius 1 is 1.33 bits per heavy atom. The van der Waals surface area contributed by atoms with Crippen molar-refractivity contribution in [1.29, 1.82) is 0 Å². The summed E-state index contributed by atoms with van der Waals surface area (Å²) in [6.45, 7) is 2.83. The maximum absolute atomic E-state index is 10.5. The summed E-state index contributed by atoms with van der Waals surface area (Å²) < 4.78 is 0. The number of rotatable bonds is 6. The monoisotopic (exact) mass is 203 g/mol. The highest BCUT2D eigenvalue weighted by atomic mass is 16.1. The Morgan fingerprint density at radius 2 is 2.07 bits per heavy atom. The Bertz CT molecular complexity index is 317. The van der Waals surface area contributed by atoms with Gasteiger partial charge in [-0.25, -0.2) is 0 Å². The van der Waals surface area contributed by atoms with Gasteiger partial charge in [0.05, 0.1) is 0 Å². The van der Waals surface area contributed by atoms with Crippen molar-refractivity contribution < 1.29 is 4.79 Å². The van der Waals surface area contributed by atoms with Crippen molar-refractivity contribution in [1.82, 2.24) is 5.32 Å². The average molecular weight is 203 g/mol. The smallest absolute Gasteiger partial charge is 0.147 e. The molecule has 0 saturated carbocycles. The Labute approximate surface area is 91.0 Å². The minimum Gasteiger partial charge on any atom is -0.390 e. The molecule has 0 aromatic heterocycles. The second-order valence-electron chi connectivity index (χ2n) is 3.38. The van der Waals surface area contributed by atoms with Gasteiger partial charge in [-0.05, 0) is 18.4 Å². The van der Waals surface area contributed by atoms with Crippen LogP contribution in [0.5, 0.6) is 0 Å². The van der Waals surface area contributed by atoms with Crippen LogP contribution in [0.25, 0.3) is 0 Å². The lowest BCUT2D eigenvalue weighted by atomic mass is 10.1. The SMILES string of the molecule is CC/C(C=O)=C\NCCc1ccccc1. The van der Waals surface area contributed by atoms with Crippen molar-refractivity contribution in [3.8, 4) is 0 Å². The van der Waals surface area contributed by atoms with E-state index in [2.05, 4.69) is 17.4 Å². The lowest BCUT2D eigenvalue weighted by molar-refractivity contribution is -0.105. The zero-order chi connectivity index (χ0) is 10.9. The summed E-state index contributed by atoms with van der Waals surface area (Å²) in [5, 5.41) is 3.14. The van der Waals surface area contributed by atoms with E-state index < -0.39 is 0 Å². The quantitative estimate of drug-likeness (QED) is 0.436. The molecular weight excluding hydrogens is 186 g/mol. The normalized spacial score (nSPS) is 11.1. The first-order chi connectivity index (χ1) is 7.36. The van der Waals surface area contributed by atoms with Crippen molar-refractivity contribution in [3.63, 3.8) is 0 Å². The third-order valence-electron chi connectivity index (χ3n) is 2.25. The van der Waals surface area contributed by atoms with E-state index in [0.717, 1.165) is 31.2 Å². The minimum absolute atomic E-state index is 0.780. The lowest BCUT2D eigenvalue weighted by Gasteiger charge is -2.02. The number of aldehydes is 1. The molecular formula is C13H17NO. The maximum atomic E-state index is 10.5. The van der Waals surface area contributed by atoms with E-state index in [-0.39, 0.29) is 0 Å². The van der Waals surface area contributed by atoms with Gasteiger partial charge in [0.2, 0.25) is 0 Å². The largest absolute Gasteiger partial charge is 0.390 e. The second-order valence-corrected chi connectivity index (χ2v) is 3.38. The molecule has 2 heteroatoms. The van der Waals surface area contributed by atoms with E-state index in [1.54, 1.807) is 6.20 Å². The molecule has 0 spiro atoms. The fourth-order valence-electron chi connectivity index (χ4n) is 1.28. The van der Waals surface area contributed by atoms with Crippen molar-refractivity contribution in [2.24, 2.45) is 0 Å². The molecule has 1 rings (SSSR count). The molecule has 0 bridgehead atoms. The molecule has 2 nitrogen and oxygen atoms in total. The highest BCUT2D eigenvalue weighted by Gasteiger charge is 1.91. The van der Waals surface area contributed by atoms with Gasteiger partial charge in [-0.3, -0.25) is 4.79 Å². The van der Waals surface area contributed by atoms with E-state index in [4.69, 9.17) is 0 Å². The van der Waals surface area contributed by atoms with Gasteiger partial charge in [-0.2, -0.15) is 0 Å². The van der Waals surface area contributed by atoms with Gasteiger partial charge in [-0.1, -0.05) is 37.3 Å². The van der Waals surface area contributed by atoms with E-state index in [1.807, 2.05) is 25.1 Å². The van der Waals surface area contributed by atoms with E-state index in [0.29, 0.717) is 0 Å². The third kappa shape index (κ3) is 4.45. The van der Waals surface area contributed by atoms with Crippen LogP contribution in [0.1, 0.15) is 18.9 Å². The molecule has 1 aromatic rings. The fourth-order valence-corrected chi connectivity index (χ4v) is 1.28. The Morgan fingerprint density at radius 3 is 2.67 bits per heavy atom. The van der Waals surface area contributed by atoms with Crippen LogP contribution in [0, 0.1) is 0 Å². The molecule has 80 valence electrons. The van der Waals surface area contributed by atoms with Gasteiger partial charge in [-0.15, -0.1) is 0 Å². The van der Waals surface area contributed by atoms with Gasteiger partial charge >= 0.3 is 0 Å². The molecule has 0 aliphatic carbocycles. The summed E-state index contributed by atoms with van der Waals surface area (Å²) >= 11 is 0. The number of carbonyl (C=O) groups is 1. The first-order valence-electron chi connectivity index (χ1n) is 5.28. The van der Waals surface area contributed by atoms with Crippen molar-refractivity contribution in [2.75, 3.05) is 6.54 Å². The standard InChI is InChI=1S/C13H17NO/c1-2-12(11-15)10-14-9-8-13-6-4-3-5-7-13/h3-7,10-11,14H,2,8-9H2,1H3/b12-10+. The Balaban J connectivity index is 2.28. The number of nitrogens with one attached hydrogen (secondary N) is 1. The van der Waals surface area contributed by atoms with Crippen LogP contribution >= 0.6 is 0 Å². The van der Waals surface area contributed by atoms with Gasteiger partial charge in [0.1, 0.15) is 6.29 Å². The summed E-state index contributed by atoms with van der Waals surface area (Å²) in [5.41, 5.74) is 2.12. The van der Waals surface area contributed by atoms with Crippen LogP contribution in [0.2, 0.25) is 0 Å². The predicted octanol–water partition coefficient (Wildman–Crippen LogP) is 2.31. The van der Waals surface area contributed by atoms with Crippen LogP contribution in [-0.4, -0.2) is 12.8 Å². The summed E-state index contributed by atoms with van der Waals surface area (Å²) in [7, 11) is 0. The molecule has 1 aromatic carbocycles. The van der Waals surface area contributed by atoms with Crippen LogP contribution < -0.4 is 5.32 Å². The lowest BCUT2D eigenvalue weighted by Crippen LogP contribution is -2.11. The first-order valence-corrected chi connectivity index (χ1v) is 5.28. The Hall–Kier alpha value is -1.57. The summed E-state index contributed by atoms with van der Waals surface area (Å²) in [4.78, 5) is 10.5. The number of carbonyl (C=O) groups excluding carboxylic acids is 1. The van der Waals surface area contributed by atoms with E-state index in [9.17, 15) is 4.79 Å². The van der Waals surface area contributed by atoms with Gasteiger partial charge in [0.15, 0.2) is 0 Å². The molecule has 0 aliphatic heterocycles.